The molecule has 3 rings (SSSR count). The predicted octanol–water partition coefficient (Wildman–Crippen LogP) is 4.36. The van der Waals surface area contributed by atoms with Crippen LogP contribution in [0.3, 0.4) is 0 Å². The van der Waals surface area contributed by atoms with Crippen molar-refractivity contribution >= 4 is 51.7 Å². The molecule has 156 valence electrons. The molecule has 1 N–H and O–H groups in total. The number of anilines is 1. The van der Waals surface area contributed by atoms with Crippen molar-refractivity contribution < 1.29 is 23.5 Å². The smallest absolute Gasteiger partial charge is 0.344 e. The van der Waals surface area contributed by atoms with Crippen LogP contribution in [0.1, 0.15) is 12.5 Å². The Morgan fingerprint density at radius 2 is 1.93 bits per heavy atom. The molecule has 1 unspecified atom stereocenters. The largest absolute Gasteiger partial charge is 0.482 e. The number of hydrogen-bond donors (Lipinski definition) is 1. The Hall–Kier alpha value is -3.03. The summed E-state index contributed by atoms with van der Waals surface area (Å²) in [6, 6.07) is 11.0. The second kappa shape index (κ2) is 9.19. The normalized spacial score (nSPS) is 11.7. The quantitative estimate of drug-likeness (QED) is 0.443. The van der Waals surface area contributed by atoms with Gasteiger partial charge < -0.3 is 19.2 Å². The van der Waals surface area contributed by atoms with Crippen molar-refractivity contribution in [2.45, 2.75) is 20.0 Å². The van der Waals surface area contributed by atoms with Crippen LogP contribution < -0.4 is 15.7 Å². The zero-order chi connectivity index (χ0) is 21.8. The maximum Gasteiger partial charge on any atom is 0.344 e. The molecule has 1 heterocycles. The minimum absolute atomic E-state index is 0.188. The average Bonchev–Trinajstić information content (AvgIpc) is 2.69. The molecule has 1 atom stereocenters. The number of hydrogen-bond acceptors (Lipinski definition) is 6. The van der Waals surface area contributed by atoms with Crippen molar-refractivity contribution in [3.05, 3.63) is 68.5 Å². The van der Waals surface area contributed by atoms with Gasteiger partial charge >= 0.3 is 11.6 Å². The van der Waals surface area contributed by atoms with E-state index in [1.165, 1.54) is 19.1 Å². The van der Waals surface area contributed by atoms with E-state index in [9.17, 15) is 14.4 Å². The molecule has 3 aromatic rings. The van der Waals surface area contributed by atoms with E-state index in [1.54, 1.807) is 37.3 Å². The number of aryl methyl sites for hydroxylation is 1. The van der Waals surface area contributed by atoms with Crippen LogP contribution in [0.2, 0.25) is 10.0 Å². The van der Waals surface area contributed by atoms with E-state index in [0.29, 0.717) is 17.0 Å². The van der Waals surface area contributed by atoms with Crippen LogP contribution in [-0.2, 0) is 14.3 Å². The van der Waals surface area contributed by atoms with E-state index in [0.717, 1.165) is 10.9 Å². The molecule has 0 fully saturated rings. The van der Waals surface area contributed by atoms with Gasteiger partial charge in [0, 0.05) is 17.5 Å². The molecule has 0 spiro atoms. The molecule has 0 aliphatic heterocycles. The fraction of sp³-hybridized carbons (Fsp3) is 0.190. The van der Waals surface area contributed by atoms with Crippen molar-refractivity contribution in [2.24, 2.45) is 0 Å². The number of nitrogens with one attached hydrogen (secondary N) is 1. The standard InChI is InChI=1S/C21H17Cl2NO6/c1-11-8-18(25)30-17-9-13(6-7-14(11)17)28-10-19(26)29-12(2)21(27)24-16-5-3-4-15(22)20(16)23/h3-9,12H,10H2,1-2H3,(H,24,27). The van der Waals surface area contributed by atoms with Crippen LogP contribution >= 0.6 is 23.2 Å². The molecule has 30 heavy (non-hydrogen) atoms. The van der Waals surface area contributed by atoms with Crippen LogP contribution in [0, 0.1) is 6.92 Å². The van der Waals surface area contributed by atoms with Crippen LogP contribution in [0.15, 0.2) is 51.7 Å². The van der Waals surface area contributed by atoms with Gasteiger partial charge in [-0.15, -0.1) is 0 Å². The number of carbonyl (C=O) groups is 2. The zero-order valence-electron chi connectivity index (χ0n) is 16.0. The maximum absolute atomic E-state index is 12.2. The summed E-state index contributed by atoms with van der Waals surface area (Å²) in [5.41, 5.74) is 0.946. The van der Waals surface area contributed by atoms with Gasteiger partial charge in [0.25, 0.3) is 5.91 Å². The van der Waals surface area contributed by atoms with Crippen LogP contribution in [0.5, 0.6) is 5.75 Å². The molecule has 0 bridgehead atoms. The fourth-order valence-electron chi connectivity index (χ4n) is 2.66. The average molecular weight is 450 g/mol. The number of benzene rings is 2. The van der Waals surface area contributed by atoms with E-state index in [4.69, 9.17) is 37.1 Å². The Bertz CT molecular complexity index is 1170. The molecule has 7 nitrogen and oxygen atoms in total. The van der Waals surface area contributed by atoms with E-state index >= 15 is 0 Å². The SMILES string of the molecule is Cc1cc(=O)oc2cc(OCC(=O)OC(C)C(=O)Nc3cccc(Cl)c3Cl)ccc12. The highest BCUT2D eigenvalue weighted by molar-refractivity contribution is 6.44. The van der Waals surface area contributed by atoms with Crippen molar-refractivity contribution in [1.82, 2.24) is 0 Å². The number of halogens is 2. The molecule has 0 saturated carbocycles. The highest BCUT2D eigenvalue weighted by Gasteiger charge is 2.19. The van der Waals surface area contributed by atoms with Crippen LogP contribution in [0.25, 0.3) is 11.0 Å². The first-order valence-corrected chi connectivity index (χ1v) is 9.62. The van der Waals surface area contributed by atoms with E-state index < -0.39 is 30.2 Å². The second-order valence-electron chi connectivity index (χ2n) is 6.42. The first-order valence-electron chi connectivity index (χ1n) is 8.86. The minimum Gasteiger partial charge on any atom is -0.482 e. The number of rotatable bonds is 6. The fourth-order valence-corrected chi connectivity index (χ4v) is 3.00. The number of ether oxygens (including phenoxy) is 2. The topological polar surface area (TPSA) is 94.8 Å². The van der Waals surface area contributed by atoms with Gasteiger partial charge in [0.2, 0.25) is 0 Å². The lowest BCUT2D eigenvalue weighted by atomic mass is 10.1. The maximum atomic E-state index is 12.2. The Morgan fingerprint density at radius 3 is 2.70 bits per heavy atom. The van der Waals surface area contributed by atoms with Gasteiger partial charge in [0.05, 0.1) is 15.7 Å². The number of amides is 1. The van der Waals surface area contributed by atoms with Crippen molar-refractivity contribution in [1.29, 1.82) is 0 Å². The summed E-state index contributed by atoms with van der Waals surface area (Å²) in [5, 5.41) is 3.78. The summed E-state index contributed by atoms with van der Waals surface area (Å²) >= 11 is 11.9. The second-order valence-corrected chi connectivity index (χ2v) is 7.20. The van der Waals surface area contributed by atoms with Gasteiger partial charge in [-0.3, -0.25) is 4.79 Å². The van der Waals surface area contributed by atoms with Gasteiger partial charge in [-0.1, -0.05) is 29.3 Å². The molecule has 0 saturated heterocycles. The molecule has 1 amide bonds. The summed E-state index contributed by atoms with van der Waals surface area (Å²) in [6.07, 6.45) is -1.09. The van der Waals surface area contributed by atoms with Gasteiger partial charge in [-0.2, -0.15) is 0 Å². The minimum atomic E-state index is -1.09. The van der Waals surface area contributed by atoms with Crippen molar-refractivity contribution in [2.75, 3.05) is 11.9 Å². The third kappa shape index (κ3) is 5.11. The molecule has 0 aliphatic rings. The lowest BCUT2D eigenvalue weighted by Crippen LogP contribution is -2.31. The van der Waals surface area contributed by atoms with Crippen LogP contribution in [0.4, 0.5) is 5.69 Å². The number of fused-ring (bicyclic) bond motifs is 1. The predicted molar refractivity (Wildman–Crippen MR) is 113 cm³/mol. The number of carbonyl (C=O) groups excluding carboxylic acids is 2. The van der Waals surface area contributed by atoms with Gasteiger partial charge in [-0.05, 0) is 43.7 Å². The van der Waals surface area contributed by atoms with E-state index in [2.05, 4.69) is 5.32 Å². The zero-order valence-corrected chi connectivity index (χ0v) is 17.5. The first kappa shape index (κ1) is 21.7. The van der Waals surface area contributed by atoms with Crippen LogP contribution in [-0.4, -0.2) is 24.6 Å². The Balaban J connectivity index is 1.57. The molecule has 0 radical (unpaired) electrons. The molecular formula is C21H17Cl2NO6. The highest BCUT2D eigenvalue weighted by Crippen LogP contribution is 2.29. The third-order valence-corrected chi connectivity index (χ3v) is 4.99. The highest BCUT2D eigenvalue weighted by atomic mass is 35.5. The van der Waals surface area contributed by atoms with E-state index in [1.807, 2.05) is 0 Å². The summed E-state index contributed by atoms with van der Waals surface area (Å²) in [5.74, 6) is -1.01. The summed E-state index contributed by atoms with van der Waals surface area (Å²) < 4.78 is 15.6. The Kier molecular flexibility index (Phi) is 6.64. The monoisotopic (exact) mass is 449 g/mol. The summed E-state index contributed by atoms with van der Waals surface area (Å²) in [4.78, 5) is 35.8. The lowest BCUT2D eigenvalue weighted by molar-refractivity contribution is -0.155. The molecule has 2 aromatic carbocycles. The number of esters is 1. The lowest BCUT2D eigenvalue weighted by Gasteiger charge is -2.15. The third-order valence-electron chi connectivity index (χ3n) is 4.17. The summed E-state index contributed by atoms with van der Waals surface area (Å²) in [7, 11) is 0. The molecule has 1 aromatic heterocycles. The van der Waals surface area contributed by atoms with E-state index in [-0.39, 0.29) is 10.0 Å². The summed E-state index contributed by atoms with van der Waals surface area (Å²) in [6.45, 7) is 2.77. The Labute approximate surface area is 181 Å². The Morgan fingerprint density at radius 1 is 1.17 bits per heavy atom. The van der Waals surface area contributed by atoms with Gasteiger partial charge in [0.15, 0.2) is 12.7 Å². The van der Waals surface area contributed by atoms with Gasteiger partial charge in [0.1, 0.15) is 11.3 Å². The first-order chi connectivity index (χ1) is 14.2. The van der Waals surface area contributed by atoms with Crippen molar-refractivity contribution in [3.63, 3.8) is 0 Å². The van der Waals surface area contributed by atoms with Crippen molar-refractivity contribution in [3.8, 4) is 5.75 Å². The molecule has 0 aliphatic carbocycles. The molecule has 9 heteroatoms. The van der Waals surface area contributed by atoms with Gasteiger partial charge in [-0.25, -0.2) is 9.59 Å². The molecular weight excluding hydrogens is 433 g/mol.